The first-order valence-corrected chi connectivity index (χ1v) is 7.74. The van der Waals surface area contributed by atoms with Crippen molar-refractivity contribution >= 4 is 11.5 Å². The highest BCUT2D eigenvalue weighted by molar-refractivity contribution is 5.83. The summed E-state index contributed by atoms with van der Waals surface area (Å²) in [6, 6.07) is 17.4. The second-order valence-corrected chi connectivity index (χ2v) is 4.88. The Labute approximate surface area is 137 Å². The van der Waals surface area contributed by atoms with Crippen molar-refractivity contribution in [2.75, 3.05) is 31.6 Å². The average molecular weight is 313 g/mol. The van der Waals surface area contributed by atoms with Gasteiger partial charge in [0.15, 0.2) is 0 Å². The molecule has 122 valence electrons. The number of hydrogen-bond donors (Lipinski definition) is 3. The van der Waals surface area contributed by atoms with Crippen LogP contribution in [0.2, 0.25) is 0 Å². The van der Waals surface area contributed by atoms with E-state index in [-0.39, 0.29) is 0 Å². The van der Waals surface area contributed by atoms with Crippen LogP contribution >= 0.6 is 0 Å². The summed E-state index contributed by atoms with van der Waals surface area (Å²) in [5.41, 5.74) is 1.00. The number of anilines is 1. The maximum absolute atomic E-state index is 7.86. The first-order valence-electron chi connectivity index (χ1n) is 7.74. The van der Waals surface area contributed by atoms with E-state index < -0.39 is 0 Å². The first kappa shape index (κ1) is 16.7. The molecule has 0 spiro atoms. The van der Waals surface area contributed by atoms with E-state index in [9.17, 15) is 0 Å². The van der Waals surface area contributed by atoms with Crippen LogP contribution in [0.3, 0.4) is 0 Å². The molecule has 0 saturated carbocycles. The SMILES string of the molecule is CCOc1cccc(OCCNC(=N)CNc2ccccc2)c1. The van der Waals surface area contributed by atoms with Gasteiger partial charge in [0.2, 0.25) is 0 Å². The molecule has 0 unspecified atom stereocenters. The summed E-state index contributed by atoms with van der Waals surface area (Å²) in [5, 5.41) is 14.1. The van der Waals surface area contributed by atoms with Crippen molar-refractivity contribution in [3.63, 3.8) is 0 Å². The van der Waals surface area contributed by atoms with Gasteiger partial charge in [-0.25, -0.2) is 0 Å². The minimum atomic E-state index is 0.431. The third-order valence-electron chi connectivity index (χ3n) is 3.07. The Morgan fingerprint density at radius 2 is 1.74 bits per heavy atom. The van der Waals surface area contributed by atoms with Crippen molar-refractivity contribution < 1.29 is 9.47 Å². The van der Waals surface area contributed by atoms with Crippen LogP contribution in [0.25, 0.3) is 0 Å². The van der Waals surface area contributed by atoms with Gasteiger partial charge in [0.25, 0.3) is 0 Å². The Balaban J connectivity index is 1.63. The predicted octanol–water partition coefficient (Wildman–Crippen LogP) is 3.14. The number of nitrogens with one attached hydrogen (secondary N) is 3. The van der Waals surface area contributed by atoms with Crippen LogP contribution in [0.4, 0.5) is 5.69 Å². The molecule has 0 aromatic heterocycles. The summed E-state index contributed by atoms with van der Waals surface area (Å²) in [4.78, 5) is 0. The third kappa shape index (κ3) is 6.30. The van der Waals surface area contributed by atoms with Crippen LogP contribution < -0.4 is 20.1 Å². The lowest BCUT2D eigenvalue weighted by Gasteiger charge is -2.11. The maximum atomic E-state index is 7.86. The molecule has 0 aliphatic carbocycles. The number of hydrogen-bond acceptors (Lipinski definition) is 4. The molecule has 0 heterocycles. The fourth-order valence-electron chi connectivity index (χ4n) is 2.00. The van der Waals surface area contributed by atoms with E-state index in [0.717, 1.165) is 17.2 Å². The van der Waals surface area contributed by atoms with Gasteiger partial charge in [-0.3, -0.25) is 5.41 Å². The summed E-state index contributed by atoms with van der Waals surface area (Å²) in [6.45, 7) is 4.12. The molecule has 0 aliphatic rings. The summed E-state index contributed by atoms with van der Waals surface area (Å²) in [7, 11) is 0. The normalized spacial score (nSPS) is 9.96. The van der Waals surface area contributed by atoms with Gasteiger partial charge < -0.3 is 20.1 Å². The Kier molecular flexibility index (Phi) is 6.78. The van der Waals surface area contributed by atoms with Crippen LogP contribution in [-0.4, -0.2) is 32.1 Å². The van der Waals surface area contributed by atoms with E-state index in [1.165, 1.54) is 0 Å². The van der Waals surface area contributed by atoms with Gasteiger partial charge in [0.1, 0.15) is 23.9 Å². The standard InChI is InChI=1S/C18H23N3O2/c1-2-22-16-9-6-10-17(13-16)23-12-11-20-18(19)14-21-15-7-4-3-5-8-15/h3-10,13,21H,2,11-12,14H2,1H3,(H2,19,20). The monoisotopic (exact) mass is 313 g/mol. The fourth-order valence-corrected chi connectivity index (χ4v) is 2.00. The quantitative estimate of drug-likeness (QED) is 0.378. The van der Waals surface area contributed by atoms with Crippen LogP contribution in [0.1, 0.15) is 6.92 Å². The van der Waals surface area contributed by atoms with Gasteiger partial charge in [-0.05, 0) is 31.2 Å². The van der Waals surface area contributed by atoms with Crippen molar-refractivity contribution in [1.29, 1.82) is 5.41 Å². The maximum Gasteiger partial charge on any atom is 0.123 e. The highest BCUT2D eigenvalue weighted by Crippen LogP contribution is 2.19. The number of ether oxygens (including phenoxy) is 2. The highest BCUT2D eigenvalue weighted by Gasteiger charge is 1.99. The second kappa shape index (κ2) is 9.35. The van der Waals surface area contributed by atoms with Gasteiger partial charge >= 0.3 is 0 Å². The molecule has 3 N–H and O–H groups in total. The lowest BCUT2D eigenvalue weighted by molar-refractivity contribution is 0.312. The summed E-state index contributed by atoms with van der Waals surface area (Å²) in [5.74, 6) is 2.00. The molecule has 0 atom stereocenters. The second-order valence-electron chi connectivity index (χ2n) is 4.88. The average Bonchev–Trinajstić information content (AvgIpc) is 2.58. The number of amidine groups is 1. The molecular formula is C18H23N3O2. The van der Waals surface area contributed by atoms with Crippen molar-refractivity contribution in [3.05, 3.63) is 54.6 Å². The smallest absolute Gasteiger partial charge is 0.123 e. The third-order valence-corrected chi connectivity index (χ3v) is 3.07. The molecule has 0 radical (unpaired) electrons. The van der Waals surface area contributed by atoms with Gasteiger partial charge in [-0.2, -0.15) is 0 Å². The van der Waals surface area contributed by atoms with Gasteiger partial charge in [0.05, 0.1) is 19.7 Å². The lowest BCUT2D eigenvalue weighted by Crippen LogP contribution is -2.32. The Hall–Kier alpha value is -2.69. The fraction of sp³-hybridized carbons (Fsp3) is 0.278. The zero-order chi connectivity index (χ0) is 16.3. The molecule has 5 nitrogen and oxygen atoms in total. The minimum absolute atomic E-state index is 0.431. The Bertz CT molecular complexity index is 602. The summed E-state index contributed by atoms with van der Waals surface area (Å²) < 4.78 is 11.1. The molecule has 5 heteroatoms. The molecule has 0 amide bonds. The zero-order valence-corrected chi connectivity index (χ0v) is 13.3. The predicted molar refractivity (Wildman–Crippen MR) is 93.8 cm³/mol. The van der Waals surface area contributed by atoms with Crippen molar-refractivity contribution in [2.24, 2.45) is 0 Å². The van der Waals surface area contributed by atoms with E-state index in [0.29, 0.717) is 32.1 Å². The van der Waals surface area contributed by atoms with Gasteiger partial charge in [-0.1, -0.05) is 24.3 Å². The molecule has 2 aromatic carbocycles. The van der Waals surface area contributed by atoms with Crippen LogP contribution in [0.5, 0.6) is 11.5 Å². The van der Waals surface area contributed by atoms with Crippen LogP contribution in [0.15, 0.2) is 54.6 Å². The largest absolute Gasteiger partial charge is 0.494 e. The van der Waals surface area contributed by atoms with Crippen molar-refractivity contribution in [2.45, 2.75) is 6.92 Å². The Morgan fingerprint density at radius 3 is 2.48 bits per heavy atom. The number of para-hydroxylation sites is 1. The summed E-state index contributed by atoms with van der Waals surface area (Å²) >= 11 is 0. The van der Waals surface area contributed by atoms with E-state index in [2.05, 4.69) is 10.6 Å². The van der Waals surface area contributed by atoms with Crippen molar-refractivity contribution in [3.8, 4) is 11.5 Å². The molecule has 0 aliphatic heterocycles. The van der Waals surface area contributed by atoms with E-state index >= 15 is 0 Å². The van der Waals surface area contributed by atoms with E-state index in [4.69, 9.17) is 14.9 Å². The first-order chi connectivity index (χ1) is 11.3. The van der Waals surface area contributed by atoms with E-state index in [1.807, 2.05) is 61.5 Å². The Morgan fingerprint density at radius 1 is 1.00 bits per heavy atom. The molecule has 23 heavy (non-hydrogen) atoms. The van der Waals surface area contributed by atoms with Gasteiger partial charge in [-0.15, -0.1) is 0 Å². The number of rotatable bonds is 9. The minimum Gasteiger partial charge on any atom is -0.494 e. The molecule has 0 saturated heterocycles. The lowest BCUT2D eigenvalue weighted by atomic mass is 10.3. The van der Waals surface area contributed by atoms with Crippen LogP contribution in [0, 0.1) is 5.41 Å². The van der Waals surface area contributed by atoms with Crippen molar-refractivity contribution in [1.82, 2.24) is 5.32 Å². The molecule has 2 aromatic rings. The zero-order valence-electron chi connectivity index (χ0n) is 13.3. The summed E-state index contributed by atoms with van der Waals surface area (Å²) in [6.07, 6.45) is 0. The van der Waals surface area contributed by atoms with E-state index in [1.54, 1.807) is 0 Å². The molecule has 0 fully saturated rings. The topological polar surface area (TPSA) is 66.4 Å². The molecule has 0 bridgehead atoms. The molecule has 2 rings (SSSR count). The molecular weight excluding hydrogens is 290 g/mol. The van der Waals surface area contributed by atoms with Crippen LogP contribution in [-0.2, 0) is 0 Å². The number of benzene rings is 2. The van der Waals surface area contributed by atoms with Gasteiger partial charge in [0, 0.05) is 11.8 Å². The highest BCUT2D eigenvalue weighted by atomic mass is 16.5.